The smallest absolute Gasteiger partial charge is 0.00478 e. The van der Waals surface area contributed by atoms with Crippen LogP contribution in [0.1, 0.15) is 95.8 Å². The fourth-order valence-corrected chi connectivity index (χ4v) is 3.90. The predicted molar refractivity (Wildman–Crippen MR) is 98.3 cm³/mol. The Labute approximate surface area is 137 Å². The SMILES string of the molecule is CCCCCCCCCCCCCC(C)Cc1cccs1. The molecule has 0 nitrogen and oxygen atoms in total. The summed E-state index contributed by atoms with van der Waals surface area (Å²) in [7, 11) is 0. The van der Waals surface area contributed by atoms with E-state index in [2.05, 4.69) is 31.4 Å². The maximum Gasteiger partial charge on any atom is 0.00478 e. The molecular weight excluding hydrogens is 272 g/mol. The normalized spacial score (nSPS) is 12.7. The molecule has 1 atom stereocenters. The van der Waals surface area contributed by atoms with Crippen molar-refractivity contribution in [3.8, 4) is 0 Å². The van der Waals surface area contributed by atoms with Crippen LogP contribution in [0.25, 0.3) is 0 Å². The summed E-state index contributed by atoms with van der Waals surface area (Å²) in [6, 6.07) is 4.46. The lowest BCUT2D eigenvalue weighted by atomic mass is 9.98. The Balaban J connectivity index is 1.80. The van der Waals surface area contributed by atoms with E-state index in [-0.39, 0.29) is 0 Å². The lowest BCUT2D eigenvalue weighted by Crippen LogP contribution is -1.98. The molecule has 0 aliphatic heterocycles. The van der Waals surface area contributed by atoms with Crippen LogP contribution in [0.2, 0.25) is 0 Å². The number of thiophene rings is 1. The Kier molecular flexibility index (Phi) is 11.9. The van der Waals surface area contributed by atoms with E-state index >= 15 is 0 Å². The standard InChI is InChI=1S/C20H36S/c1-3-4-5-6-7-8-9-10-11-12-13-15-19(2)18-20-16-14-17-21-20/h14,16-17,19H,3-13,15,18H2,1-2H3. The second kappa shape index (κ2) is 13.4. The van der Waals surface area contributed by atoms with Crippen LogP contribution in [-0.4, -0.2) is 0 Å². The van der Waals surface area contributed by atoms with Gasteiger partial charge >= 0.3 is 0 Å². The van der Waals surface area contributed by atoms with E-state index in [0.29, 0.717) is 0 Å². The molecule has 0 spiro atoms. The van der Waals surface area contributed by atoms with Crippen LogP contribution in [-0.2, 0) is 6.42 Å². The zero-order valence-electron chi connectivity index (χ0n) is 14.4. The van der Waals surface area contributed by atoms with Crippen LogP contribution < -0.4 is 0 Å². The largest absolute Gasteiger partial charge is 0.149 e. The molecule has 122 valence electrons. The lowest BCUT2D eigenvalue weighted by Gasteiger charge is -2.09. The van der Waals surface area contributed by atoms with Gasteiger partial charge in [-0.2, -0.15) is 0 Å². The summed E-state index contributed by atoms with van der Waals surface area (Å²) in [5.74, 6) is 0.863. The molecular formula is C20H36S. The number of hydrogen-bond donors (Lipinski definition) is 0. The third-order valence-corrected chi connectivity index (χ3v) is 5.33. The van der Waals surface area contributed by atoms with Crippen LogP contribution in [0.5, 0.6) is 0 Å². The van der Waals surface area contributed by atoms with E-state index in [0.717, 1.165) is 5.92 Å². The van der Waals surface area contributed by atoms with Gasteiger partial charge in [0.15, 0.2) is 0 Å². The maximum absolute atomic E-state index is 2.41. The van der Waals surface area contributed by atoms with Gasteiger partial charge in [-0.05, 0) is 23.8 Å². The van der Waals surface area contributed by atoms with Crippen LogP contribution in [0.3, 0.4) is 0 Å². The summed E-state index contributed by atoms with van der Waals surface area (Å²) in [5.41, 5.74) is 0. The molecule has 0 aliphatic carbocycles. The molecule has 1 rings (SSSR count). The predicted octanol–water partition coefficient (Wildman–Crippen LogP) is 7.63. The third kappa shape index (κ3) is 11.0. The van der Waals surface area contributed by atoms with Crippen molar-refractivity contribution >= 4 is 11.3 Å². The van der Waals surface area contributed by atoms with Gasteiger partial charge in [-0.15, -0.1) is 11.3 Å². The van der Waals surface area contributed by atoms with Crippen LogP contribution >= 0.6 is 11.3 Å². The Hall–Kier alpha value is -0.300. The summed E-state index contributed by atoms with van der Waals surface area (Å²) in [6.07, 6.45) is 18.6. The van der Waals surface area contributed by atoms with Crippen LogP contribution in [0.15, 0.2) is 17.5 Å². The Morgan fingerprint density at radius 3 is 1.95 bits per heavy atom. The highest BCUT2D eigenvalue weighted by atomic mass is 32.1. The van der Waals surface area contributed by atoms with E-state index < -0.39 is 0 Å². The van der Waals surface area contributed by atoms with Crippen molar-refractivity contribution in [2.75, 3.05) is 0 Å². The van der Waals surface area contributed by atoms with Gasteiger partial charge in [0.25, 0.3) is 0 Å². The first-order chi connectivity index (χ1) is 10.3. The zero-order valence-corrected chi connectivity index (χ0v) is 15.2. The van der Waals surface area contributed by atoms with E-state index in [1.807, 2.05) is 11.3 Å². The summed E-state index contributed by atoms with van der Waals surface area (Å²) in [5, 5.41) is 2.20. The second-order valence-corrected chi connectivity index (χ2v) is 7.75. The van der Waals surface area contributed by atoms with Gasteiger partial charge in [-0.3, -0.25) is 0 Å². The summed E-state index contributed by atoms with van der Waals surface area (Å²) >= 11 is 1.91. The second-order valence-electron chi connectivity index (χ2n) is 6.71. The minimum absolute atomic E-state index is 0.863. The van der Waals surface area contributed by atoms with Crippen molar-refractivity contribution in [1.82, 2.24) is 0 Å². The molecule has 21 heavy (non-hydrogen) atoms. The molecule has 0 bridgehead atoms. The van der Waals surface area contributed by atoms with Gasteiger partial charge < -0.3 is 0 Å². The van der Waals surface area contributed by atoms with E-state index in [1.54, 1.807) is 4.88 Å². The fraction of sp³-hybridized carbons (Fsp3) is 0.800. The number of rotatable bonds is 14. The highest BCUT2D eigenvalue weighted by Gasteiger charge is 2.04. The van der Waals surface area contributed by atoms with Gasteiger partial charge in [0, 0.05) is 4.88 Å². The topological polar surface area (TPSA) is 0 Å². The molecule has 1 heteroatoms. The summed E-state index contributed by atoms with van der Waals surface area (Å²) < 4.78 is 0. The average Bonchev–Trinajstić information content (AvgIpc) is 2.97. The summed E-state index contributed by atoms with van der Waals surface area (Å²) in [6.45, 7) is 4.71. The molecule has 0 saturated carbocycles. The van der Waals surface area contributed by atoms with Crippen molar-refractivity contribution in [2.45, 2.75) is 97.3 Å². The van der Waals surface area contributed by atoms with Gasteiger partial charge in [-0.25, -0.2) is 0 Å². The first-order valence-corrected chi connectivity index (χ1v) is 10.2. The number of hydrogen-bond acceptors (Lipinski definition) is 1. The van der Waals surface area contributed by atoms with E-state index in [4.69, 9.17) is 0 Å². The van der Waals surface area contributed by atoms with Crippen molar-refractivity contribution in [1.29, 1.82) is 0 Å². The minimum atomic E-state index is 0.863. The van der Waals surface area contributed by atoms with Crippen molar-refractivity contribution in [2.24, 2.45) is 5.92 Å². The molecule has 0 radical (unpaired) electrons. The molecule has 1 unspecified atom stereocenters. The van der Waals surface area contributed by atoms with Crippen LogP contribution in [0.4, 0.5) is 0 Å². The van der Waals surface area contributed by atoms with Crippen molar-refractivity contribution in [3.05, 3.63) is 22.4 Å². The molecule has 1 aromatic rings. The van der Waals surface area contributed by atoms with Gasteiger partial charge in [0.1, 0.15) is 0 Å². The molecule has 0 fully saturated rings. The third-order valence-electron chi connectivity index (χ3n) is 4.43. The monoisotopic (exact) mass is 308 g/mol. The fourth-order valence-electron chi connectivity index (χ4n) is 3.03. The molecule has 1 heterocycles. The molecule has 0 saturated heterocycles. The molecule has 1 aromatic heterocycles. The molecule has 0 aromatic carbocycles. The Morgan fingerprint density at radius 1 is 0.857 bits per heavy atom. The molecule has 0 amide bonds. The zero-order chi connectivity index (χ0) is 15.2. The first-order valence-electron chi connectivity index (χ1n) is 9.35. The van der Waals surface area contributed by atoms with Gasteiger partial charge in [0.05, 0.1) is 0 Å². The average molecular weight is 309 g/mol. The molecule has 0 aliphatic rings. The van der Waals surface area contributed by atoms with Gasteiger partial charge in [-0.1, -0.05) is 97.0 Å². The quantitative estimate of drug-likeness (QED) is 0.310. The van der Waals surface area contributed by atoms with E-state index in [9.17, 15) is 0 Å². The summed E-state index contributed by atoms with van der Waals surface area (Å²) in [4.78, 5) is 1.56. The van der Waals surface area contributed by atoms with Crippen molar-refractivity contribution < 1.29 is 0 Å². The Bertz CT molecular complexity index is 302. The van der Waals surface area contributed by atoms with E-state index in [1.165, 1.54) is 83.5 Å². The highest BCUT2D eigenvalue weighted by molar-refractivity contribution is 7.09. The van der Waals surface area contributed by atoms with Gasteiger partial charge in [0.2, 0.25) is 0 Å². The maximum atomic E-state index is 2.41. The molecule has 0 N–H and O–H groups in total. The van der Waals surface area contributed by atoms with Crippen LogP contribution in [0, 0.1) is 5.92 Å². The minimum Gasteiger partial charge on any atom is -0.149 e. The first kappa shape index (κ1) is 18.7. The number of unbranched alkanes of at least 4 members (excludes halogenated alkanes) is 10. The highest BCUT2D eigenvalue weighted by Crippen LogP contribution is 2.19. The lowest BCUT2D eigenvalue weighted by molar-refractivity contribution is 0.479. The van der Waals surface area contributed by atoms with Crippen molar-refractivity contribution in [3.63, 3.8) is 0 Å². The Morgan fingerprint density at radius 2 is 1.43 bits per heavy atom.